The van der Waals surface area contributed by atoms with Crippen molar-refractivity contribution in [2.75, 3.05) is 36.5 Å². The molecule has 2 aromatic heterocycles. The van der Waals surface area contributed by atoms with Crippen molar-refractivity contribution in [3.63, 3.8) is 0 Å². The number of para-hydroxylation sites is 1. The predicted molar refractivity (Wildman–Crippen MR) is 122 cm³/mol. The average Bonchev–Trinajstić information content (AvgIpc) is 3.51. The molecule has 8 heteroatoms. The number of carbonyl (C=O) groups excluding carboxylic acids is 1. The fourth-order valence-electron chi connectivity index (χ4n) is 3.47. The van der Waals surface area contributed by atoms with Crippen LogP contribution in [0.2, 0.25) is 0 Å². The smallest absolute Gasteiger partial charge is 0.274 e. The van der Waals surface area contributed by atoms with Gasteiger partial charge in [0, 0.05) is 35.4 Å². The van der Waals surface area contributed by atoms with Crippen molar-refractivity contribution < 1.29 is 9.53 Å². The van der Waals surface area contributed by atoms with Gasteiger partial charge in [0.15, 0.2) is 5.13 Å². The Morgan fingerprint density at radius 2 is 1.81 bits per heavy atom. The molecule has 3 heterocycles. The highest BCUT2D eigenvalue weighted by Crippen LogP contribution is 2.28. The van der Waals surface area contributed by atoms with Gasteiger partial charge in [-0.3, -0.25) is 9.36 Å². The molecule has 156 valence electrons. The van der Waals surface area contributed by atoms with Crippen molar-refractivity contribution in [3.05, 3.63) is 78.2 Å². The number of thiazole rings is 1. The number of nitrogens with one attached hydrogen (secondary N) is 1. The predicted octanol–water partition coefficient (Wildman–Crippen LogP) is 4.08. The Morgan fingerprint density at radius 3 is 2.58 bits per heavy atom. The van der Waals surface area contributed by atoms with E-state index in [1.54, 1.807) is 28.4 Å². The molecular weight excluding hydrogens is 410 g/mol. The summed E-state index contributed by atoms with van der Waals surface area (Å²) in [7, 11) is 0. The fraction of sp³-hybridized carbons (Fsp3) is 0.174. The first-order valence-electron chi connectivity index (χ1n) is 10.1. The summed E-state index contributed by atoms with van der Waals surface area (Å²) in [4.78, 5) is 24.0. The number of ether oxygens (including phenoxy) is 1. The summed E-state index contributed by atoms with van der Waals surface area (Å²) < 4.78 is 7.18. The Balaban J connectivity index is 1.29. The van der Waals surface area contributed by atoms with E-state index in [4.69, 9.17) is 9.72 Å². The van der Waals surface area contributed by atoms with Crippen LogP contribution in [0, 0.1) is 0 Å². The van der Waals surface area contributed by atoms with E-state index in [1.807, 2.05) is 54.6 Å². The third-order valence-corrected chi connectivity index (χ3v) is 6.02. The number of amides is 1. The lowest BCUT2D eigenvalue weighted by atomic mass is 10.1. The van der Waals surface area contributed by atoms with E-state index in [9.17, 15) is 4.79 Å². The van der Waals surface area contributed by atoms with Crippen LogP contribution in [-0.4, -0.2) is 46.7 Å². The minimum Gasteiger partial charge on any atom is -0.378 e. The number of hydrogen-bond acceptors (Lipinski definition) is 6. The summed E-state index contributed by atoms with van der Waals surface area (Å²) in [5.41, 5.74) is 4.04. The molecule has 5 rings (SSSR count). The second kappa shape index (κ2) is 8.71. The molecule has 0 bridgehead atoms. The topological polar surface area (TPSA) is 72.3 Å². The van der Waals surface area contributed by atoms with Gasteiger partial charge >= 0.3 is 0 Å². The summed E-state index contributed by atoms with van der Waals surface area (Å²) in [6, 6.07) is 17.4. The second-order valence-corrected chi connectivity index (χ2v) is 7.97. The summed E-state index contributed by atoms with van der Waals surface area (Å²) >= 11 is 1.64. The van der Waals surface area contributed by atoms with Crippen LogP contribution in [0.25, 0.3) is 16.9 Å². The van der Waals surface area contributed by atoms with Crippen LogP contribution in [0.3, 0.4) is 0 Å². The number of rotatable bonds is 5. The Bertz CT molecular complexity index is 1160. The molecule has 0 aliphatic carbocycles. The molecule has 0 unspecified atom stereocenters. The normalized spacial score (nSPS) is 13.9. The molecule has 1 fully saturated rings. The summed E-state index contributed by atoms with van der Waals surface area (Å²) in [5.74, 6) is -0.211. The molecular formula is C23H21N5O2S. The van der Waals surface area contributed by atoms with Gasteiger partial charge in [0.2, 0.25) is 0 Å². The van der Waals surface area contributed by atoms with E-state index in [0.29, 0.717) is 5.69 Å². The average molecular weight is 432 g/mol. The molecule has 1 saturated heterocycles. The lowest BCUT2D eigenvalue weighted by molar-refractivity contribution is 0.102. The number of carbonyl (C=O) groups is 1. The van der Waals surface area contributed by atoms with Crippen molar-refractivity contribution in [2.24, 2.45) is 0 Å². The molecule has 0 spiro atoms. The number of morpholine rings is 1. The fourth-order valence-corrected chi connectivity index (χ4v) is 4.36. The molecule has 0 saturated carbocycles. The van der Waals surface area contributed by atoms with Gasteiger partial charge in [-0.05, 0) is 24.3 Å². The highest BCUT2D eigenvalue weighted by molar-refractivity contribution is 7.14. The van der Waals surface area contributed by atoms with Gasteiger partial charge in [-0.25, -0.2) is 9.97 Å². The number of aromatic nitrogens is 3. The number of hydrogen-bond donors (Lipinski definition) is 1. The quantitative estimate of drug-likeness (QED) is 0.515. The second-order valence-electron chi connectivity index (χ2n) is 7.13. The molecule has 1 N–H and O–H groups in total. The van der Waals surface area contributed by atoms with Crippen molar-refractivity contribution in [1.82, 2.24) is 14.5 Å². The van der Waals surface area contributed by atoms with Crippen LogP contribution in [-0.2, 0) is 4.74 Å². The molecule has 1 aliphatic rings. The van der Waals surface area contributed by atoms with Crippen LogP contribution in [0.15, 0.2) is 72.5 Å². The first-order valence-corrected chi connectivity index (χ1v) is 10.9. The standard InChI is InChI=1S/C23H21N5O2S/c29-22(21-14-24-16-28(21)19-4-2-1-3-5-19)25-18-8-6-17(7-9-18)20-15-31-23(26-20)27-10-12-30-13-11-27/h1-9,14-16H,10-13H2,(H,25,29). The minimum absolute atomic E-state index is 0.211. The van der Waals surface area contributed by atoms with E-state index in [-0.39, 0.29) is 5.91 Å². The molecule has 7 nitrogen and oxygen atoms in total. The SMILES string of the molecule is O=C(Nc1ccc(-c2csc(N3CCOCC3)n2)cc1)c1cncn1-c1ccccc1. The molecule has 2 aromatic carbocycles. The van der Waals surface area contributed by atoms with E-state index in [0.717, 1.165) is 54.1 Å². The maximum atomic E-state index is 12.8. The van der Waals surface area contributed by atoms with E-state index < -0.39 is 0 Å². The van der Waals surface area contributed by atoms with Crippen LogP contribution in [0.4, 0.5) is 10.8 Å². The van der Waals surface area contributed by atoms with Crippen molar-refractivity contribution in [2.45, 2.75) is 0 Å². The number of anilines is 2. The number of benzene rings is 2. The Morgan fingerprint density at radius 1 is 1.03 bits per heavy atom. The number of nitrogens with zero attached hydrogens (tertiary/aromatic N) is 4. The van der Waals surface area contributed by atoms with Gasteiger partial charge in [0.1, 0.15) is 5.69 Å². The minimum atomic E-state index is -0.211. The lowest BCUT2D eigenvalue weighted by Gasteiger charge is -2.26. The van der Waals surface area contributed by atoms with Crippen LogP contribution >= 0.6 is 11.3 Å². The summed E-state index contributed by atoms with van der Waals surface area (Å²) in [6.45, 7) is 3.23. The van der Waals surface area contributed by atoms with E-state index in [1.165, 1.54) is 0 Å². The summed E-state index contributed by atoms with van der Waals surface area (Å²) in [5, 5.41) is 6.04. The van der Waals surface area contributed by atoms with Gasteiger partial charge in [-0.1, -0.05) is 30.3 Å². The van der Waals surface area contributed by atoms with Gasteiger partial charge in [-0.15, -0.1) is 11.3 Å². The van der Waals surface area contributed by atoms with Crippen LogP contribution in [0.5, 0.6) is 0 Å². The first-order chi connectivity index (χ1) is 15.3. The Hall–Kier alpha value is -3.49. The zero-order chi connectivity index (χ0) is 21.0. The third-order valence-electron chi connectivity index (χ3n) is 5.12. The van der Waals surface area contributed by atoms with Crippen LogP contribution < -0.4 is 10.2 Å². The molecule has 1 amide bonds. The largest absolute Gasteiger partial charge is 0.378 e. The Labute approximate surface area is 184 Å². The van der Waals surface area contributed by atoms with E-state index >= 15 is 0 Å². The number of imidazole rings is 1. The monoisotopic (exact) mass is 431 g/mol. The molecule has 0 radical (unpaired) electrons. The zero-order valence-electron chi connectivity index (χ0n) is 16.8. The molecule has 1 aliphatic heterocycles. The summed E-state index contributed by atoms with van der Waals surface area (Å²) in [6.07, 6.45) is 3.21. The molecule has 31 heavy (non-hydrogen) atoms. The highest BCUT2D eigenvalue weighted by Gasteiger charge is 2.16. The third kappa shape index (κ3) is 4.21. The lowest BCUT2D eigenvalue weighted by Crippen LogP contribution is -2.36. The molecule has 4 aromatic rings. The first kappa shape index (κ1) is 19.5. The maximum Gasteiger partial charge on any atom is 0.274 e. The van der Waals surface area contributed by atoms with Crippen molar-refractivity contribution >= 4 is 28.1 Å². The van der Waals surface area contributed by atoms with Crippen molar-refractivity contribution in [1.29, 1.82) is 0 Å². The van der Waals surface area contributed by atoms with Gasteiger partial charge in [0.25, 0.3) is 5.91 Å². The molecule has 0 atom stereocenters. The van der Waals surface area contributed by atoms with Crippen LogP contribution in [0.1, 0.15) is 10.5 Å². The Kier molecular flexibility index (Phi) is 5.47. The van der Waals surface area contributed by atoms with E-state index in [2.05, 4.69) is 20.6 Å². The van der Waals surface area contributed by atoms with Gasteiger partial charge < -0.3 is 15.0 Å². The van der Waals surface area contributed by atoms with Crippen molar-refractivity contribution in [3.8, 4) is 16.9 Å². The maximum absolute atomic E-state index is 12.8. The highest BCUT2D eigenvalue weighted by atomic mass is 32.1. The van der Waals surface area contributed by atoms with Gasteiger partial charge in [0.05, 0.1) is 31.4 Å². The van der Waals surface area contributed by atoms with Gasteiger partial charge in [-0.2, -0.15) is 0 Å². The zero-order valence-corrected chi connectivity index (χ0v) is 17.6.